The van der Waals surface area contributed by atoms with E-state index in [9.17, 15) is 0 Å². The van der Waals surface area contributed by atoms with Crippen LogP contribution in [0.3, 0.4) is 0 Å². The van der Waals surface area contributed by atoms with Gasteiger partial charge in [-0.15, -0.1) is 0 Å². The summed E-state index contributed by atoms with van der Waals surface area (Å²) in [5.74, 6) is 0. The Morgan fingerprint density at radius 3 is 1.15 bits per heavy atom. The van der Waals surface area contributed by atoms with Gasteiger partial charge in [-0.3, -0.25) is 0 Å². The lowest BCUT2D eigenvalue weighted by Gasteiger charge is -2.21. The van der Waals surface area contributed by atoms with Crippen LogP contribution in [0.25, 0.3) is 99.8 Å². The predicted molar refractivity (Wildman–Crippen MR) is 257 cm³/mol. The standard InChI is InChI=1S/C60H44/c1-41-57(47-22-11-5-12-23-47)40-58(42(2)60(41)49-24-13-6-14-25-49)52-33-34-56(59(39-52)51-32-29-45-21-15-16-26-50(45)35-51)48-30-27-46(28-31-48)55-37-53(43-17-7-3-8-18-43)36-54(38-55)44-19-9-4-10-20-44/h3-40H,1-2H3. The second-order valence-corrected chi connectivity index (χ2v) is 15.8. The highest BCUT2D eigenvalue weighted by Crippen LogP contribution is 2.44. The molecule has 0 heterocycles. The summed E-state index contributed by atoms with van der Waals surface area (Å²) in [7, 11) is 0. The molecule has 0 bridgehead atoms. The fraction of sp³-hybridized carbons (Fsp3) is 0.0333. The van der Waals surface area contributed by atoms with Crippen molar-refractivity contribution in [3.63, 3.8) is 0 Å². The lowest BCUT2D eigenvalue weighted by Crippen LogP contribution is -1.97. The molecular formula is C60H44. The molecule has 0 fully saturated rings. The van der Waals surface area contributed by atoms with Crippen LogP contribution in [-0.4, -0.2) is 0 Å². The topological polar surface area (TPSA) is 0 Å². The molecule has 0 aliphatic rings. The monoisotopic (exact) mass is 764 g/mol. The van der Waals surface area contributed by atoms with E-state index in [1.165, 1.54) is 111 Å². The first kappa shape index (κ1) is 36.8. The van der Waals surface area contributed by atoms with Crippen LogP contribution in [0.4, 0.5) is 0 Å². The van der Waals surface area contributed by atoms with Gasteiger partial charge in [-0.1, -0.05) is 194 Å². The van der Waals surface area contributed by atoms with Crippen molar-refractivity contribution in [1.82, 2.24) is 0 Å². The van der Waals surface area contributed by atoms with E-state index in [2.05, 4.69) is 244 Å². The predicted octanol–water partition coefficient (Wildman–Crippen LogP) is 16.8. The van der Waals surface area contributed by atoms with Crippen molar-refractivity contribution in [2.75, 3.05) is 0 Å². The quantitative estimate of drug-likeness (QED) is 0.145. The average Bonchev–Trinajstić information content (AvgIpc) is 3.32. The minimum Gasteiger partial charge on any atom is -0.0622 e. The number of fused-ring (bicyclic) bond motifs is 1. The maximum Gasteiger partial charge on any atom is -0.00990 e. The highest BCUT2D eigenvalue weighted by atomic mass is 14.2. The summed E-state index contributed by atoms with van der Waals surface area (Å²) < 4.78 is 0. The van der Waals surface area contributed by atoms with Crippen LogP contribution >= 0.6 is 0 Å². The molecule has 0 unspecified atom stereocenters. The molecule has 0 nitrogen and oxygen atoms in total. The van der Waals surface area contributed by atoms with Crippen molar-refractivity contribution >= 4 is 10.8 Å². The Morgan fingerprint density at radius 2 is 0.583 bits per heavy atom. The molecule has 10 aromatic rings. The van der Waals surface area contributed by atoms with Gasteiger partial charge >= 0.3 is 0 Å². The van der Waals surface area contributed by atoms with Gasteiger partial charge in [0.15, 0.2) is 0 Å². The smallest absolute Gasteiger partial charge is 0.00990 e. The van der Waals surface area contributed by atoms with Crippen molar-refractivity contribution in [3.8, 4) is 89.0 Å². The molecule has 0 aliphatic carbocycles. The second-order valence-electron chi connectivity index (χ2n) is 15.8. The summed E-state index contributed by atoms with van der Waals surface area (Å²) in [6, 6.07) is 84.2. The molecule has 60 heavy (non-hydrogen) atoms. The fourth-order valence-electron chi connectivity index (χ4n) is 8.96. The third-order valence-electron chi connectivity index (χ3n) is 12.1. The normalized spacial score (nSPS) is 11.2. The average molecular weight is 765 g/mol. The Bertz CT molecular complexity index is 3050. The third kappa shape index (κ3) is 7.14. The zero-order valence-electron chi connectivity index (χ0n) is 33.9. The number of hydrogen-bond acceptors (Lipinski definition) is 0. The van der Waals surface area contributed by atoms with E-state index in [0.29, 0.717) is 0 Å². The highest BCUT2D eigenvalue weighted by molar-refractivity contribution is 5.95. The summed E-state index contributed by atoms with van der Waals surface area (Å²) >= 11 is 0. The molecule has 10 aromatic carbocycles. The van der Waals surface area contributed by atoms with E-state index in [4.69, 9.17) is 0 Å². The summed E-state index contributed by atoms with van der Waals surface area (Å²) in [6.07, 6.45) is 0. The SMILES string of the molecule is Cc1c(-c2ccccc2)cc(-c2ccc(-c3ccc(-c4cc(-c5ccccc5)cc(-c5ccccc5)c4)cc3)c(-c3ccc4ccccc4c3)c2)c(C)c1-c1ccccc1. The zero-order chi connectivity index (χ0) is 40.4. The maximum absolute atomic E-state index is 2.42. The number of benzene rings is 10. The summed E-state index contributed by atoms with van der Waals surface area (Å²) in [4.78, 5) is 0. The molecule has 0 radical (unpaired) electrons. The second kappa shape index (κ2) is 16.0. The Hall–Kier alpha value is -7.54. The maximum atomic E-state index is 2.42. The minimum absolute atomic E-state index is 1.19. The van der Waals surface area contributed by atoms with Gasteiger partial charge in [-0.25, -0.2) is 0 Å². The van der Waals surface area contributed by atoms with Crippen LogP contribution in [0.2, 0.25) is 0 Å². The molecule has 0 atom stereocenters. The van der Waals surface area contributed by atoms with E-state index in [1.807, 2.05) is 0 Å². The molecule has 0 aliphatic heterocycles. The van der Waals surface area contributed by atoms with Gasteiger partial charge in [0, 0.05) is 0 Å². The van der Waals surface area contributed by atoms with Crippen molar-refractivity contribution in [2.24, 2.45) is 0 Å². The molecular weight excluding hydrogens is 721 g/mol. The van der Waals surface area contributed by atoms with Crippen LogP contribution in [-0.2, 0) is 0 Å². The molecule has 0 spiro atoms. The molecule has 0 aromatic heterocycles. The molecule has 0 amide bonds. The van der Waals surface area contributed by atoms with Crippen LogP contribution in [0, 0.1) is 13.8 Å². The van der Waals surface area contributed by atoms with E-state index in [0.717, 1.165) is 0 Å². The van der Waals surface area contributed by atoms with Crippen molar-refractivity contribution in [1.29, 1.82) is 0 Å². The van der Waals surface area contributed by atoms with Crippen molar-refractivity contribution in [2.45, 2.75) is 13.8 Å². The van der Waals surface area contributed by atoms with Crippen LogP contribution in [0.1, 0.15) is 11.1 Å². The fourth-order valence-corrected chi connectivity index (χ4v) is 8.96. The van der Waals surface area contributed by atoms with Crippen LogP contribution in [0.15, 0.2) is 231 Å². The third-order valence-corrected chi connectivity index (χ3v) is 12.1. The van der Waals surface area contributed by atoms with Gasteiger partial charge in [-0.2, -0.15) is 0 Å². The van der Waals surface area contributed by atoms with E-state index >= 15 is 0 Å². The molecule has 10 rings (SSSR count). The molecule has 0 heteroatoms. The van der Waals surface area contributed by atoms with E-state index in [-0.39, 0.29) is 0 Å². The summed E-state index contributed by atoms with van der Waals surface area (Å²) in [5, 5.41) is 2.48. The molecule has 0 saturated heterocycles. The van der Waals surface area contributed by atoms with Gasteiger partial charge < -0.3 is 0 Å². The van der Waals surface area contributed by atoms with Crippen molar-refractivity contribution in [3.05, 3.63) is 242 Å². The Balaban J connectivity index is 1.12. The van der Waals surface area contributed by atoms with Gasteiger partial charge in [0.1, 0.15) is 0 Å². The Kier molecular flexibility index (Phi) is 9.81. The molecule has 0 N–H and O–H groups in total. The van der Waals surface area contributed by atoms with Crippen LogP contribution < -0.4 is 0 Å². The first-order valence-corrected chi connectivity index (χ1v) is 20.8. The molecule has 0 saturated carbocycles. The Morgan fingerprint density at radius 1 is 0.200 bits per heavy atom. The highest BCUT2D eigenvalue weighted by Gasteiger charge is 2.19. The number of hydrogen-bond donors (Lipinski definition) is 0. The van der Waals surface area contributed by atoms with Gasteiger partial charge in [-0.05, 0) is 161 Å². The van der Waals surface area contributed by atoms with Gasteiger partial charge in [0.25, 0.3) is 0 Å². The van der Waals surface area contributed by atoms with Gasteiger partial charge in [0.05, 0.1) is 0 Å². The first-order valence-electron chi connectivity index (χ1n) is 20.8. The zero-order valence-corrected chi connectivity index (χ0v) is 33.9. The van der Waals surface area contributed by atoms with Crippen LogP contribution in [0.5, 0.6) is 0 Å². The lowest BCUT2D eigenvalue weighted by molar-refractivity contribution is 1.37. The minimum atomic E-state index is 1.19. The van der Waals surface area contributed by atoms with Gasteiger partial charge in [0.2, 0.25) is 0 Å². The Labute approximate surface area is 353 Å². The largest absolute Gasteiger partial charge is 0.0622 e. The summed E-state index contributed by atoms with van der Waals surface area (Å²) in [6.45, 7) is 4.56. The number of rotatable bonds is 8. The van der Waals surface area contributed by atoms with E-state index < -0.39 is 0 Å². The first-order chi connectivity index (χ1) is 29.6. The lowest BCUT2D eigenvalue weighted by atomic mass is 9.83. The van der Waals surface area contributed by atoms with Crippen molar-refractivity contribution < 1.29 is 0 Å². The summed E-state index contributed by atoms with van der Waals surface area (Å²) in [5.41, 5.74) is 22.1. The van der Waals surface area contributed by atoms with E-state index in [1.54, 1.807) is 0 Å². The molecule has 284 valence electrons.